The molecule has 2 rings (SSSR count). The molecule has 0 radical (unpaired) electrons. The second-order valence-electron chi connectivity index (χ2n) is 4.87. The van der Waals surface area contributed by atoms with Crippen molar-refractivity contribution < 1.29 is 4.42 Å². The lowest BCUT2D eigenvalue weighted by Gasteiger charge is -2.19. The third kappa shape index (κ3) is 3.10. The second kappa shape index (κ2) is 5.93. The lowest BCUT2D eigenvalue weighted by atomic mass is 9.97. The molecule has 1 unspecified atom stereocenters. The fourth-order valence-corrected chi connectivity index (χ4v) is 2.64. The summed E-state index contributed by atoms with van der Waals surface area (Å²) in [6.45, 7) is 9.18. The van der Waals surface area contributed by atoms with Crippen molar-refractivity contribution in [3.05, 3.63) is 56.9 Å². The Balaban J connectivity index is 2.44. The van der Waals surface area contributed by atoms with E-state index in [1.807, 2.05) is 13.8 Å². The molecule has 1 aromatic heterocycles. The molecular formula is C16H20BrNO. The molecule has 0 aliphatic heterocycles. The summed E-state index contributed by atoms with van der Waals surface area (Å²) in [5, 5.41) is 3.54. The molecule has 0 fully saturated rings. The molecular weight excluding hydrogens is 302 g/mol. The van der Waals surface area contributed by atoms with Crippen molar-refractivity contribution in [2.45, 2.75) is 33.7 Å². The number of halogens is 1. The van der Waals surface area contributed by atoms with E-state index in [4.69, 9.17) is 4.42 Å². The number of benzene rings is 1. The van der Waals surface area contributed by atoms with E-state index in [9.17, 15) is 0 Å². The molecule has 0 aliphatic rings. The van der Waals surface area contributed by atoms with Crippen molar-refractivity contribution in [3.8, 4) is 0 Å². The van der Waals surface area contributed by atoms with Crippen LogP contribution in [0.2, 0.25) is 0 Å². The van der Waals surface area contributed by atoms with Crippen molar-refractivity contribution in [2.75, 3.05) is 6.54 Å². The first-order valence-electron chi connectivity index (χ1n) is 6.59. The second-order valence-corrected chi connectivity index (χ2v) is 5.72. The third-order valence-corrected chi connectivity index (χ3v) is 4.20. The van der Waals surface area contributed by atoms with Gasteiger partial charge in [0, 0.05) is 10.0 Å². The quantitative estimate of drug-likeness (QED) is 0.885. The van der Waals surface area contributed by atoms with Gasteiger partial charge in [-0.1, -0.05) is 35.0 Å². The lowest BCUT2D eigenvalue weighted by molar-refractivity contribution is 0.495. The summed E-state index contributed by atoms with van der Waals surface area (Å²) in [6, 6.07) is 8.80. The average Bonchev–Trinajstić information content (AvgIpc) is 2.69. The van der Waals surface area contributed by atoms with Crippen molar-refractivity contribution in [3.63, 3.8) is 0 Å². The van der Waals surface area contributed by atoms with Crippen LogP contribution in [0.3, 0.4) is 0 Å². The Kier molecular flexibility index (Phi) is 4.48. The maximum absolute atomic E-state index is 5.67. The minimum atomic E-state index is 0.189. The molecule has 1 heterocycles. The molecule has 0 aliphatic carbocycles. The van der Waals surface area contributed by atoms with E-state index < -0.39 is 0 Å². The molecule has 1 atom stereocenters. The number of rotatable bonds is 4. The lowest BCUT2D eigenvalue weighted by Crippen LogP contribution is -2.22. The Morgan fingerprint density at radius 3 is 2.47 bits per heavy atom. The predicted octanol–water partition coefficient (Wildman–Crippen LogP) is 4.67. The SMILES string of the molecule is CCNC(c1ccc(Br)c(C)c1)c1cc(C)oc1C. The number of furan rings is 1. The van der Waals surface area contributed by atoms with Gasteiger partial charge in [-0.25, -0.2) is 0 Å². The average molecular weight is 322 g/mol. The van der Waals surface area contributed by atoms with Gasteiger partial charge in [0.05, 0.1) is 6.04 Å². The van der Waals surface area contributed by atoms with E-state index in [1.54, 1.807) is 0 Å². The fourth-order valence-electron chi connectivity index (χ4n) is 2.40. The van der Waals surface area contributed by atoms with Crippen molar-refractivity contribution in [2.24, 2.45) is 0 Å². The van der Waals surface area contributed by atoms with E-state index in [0.29, 0.717) is 0 Å². The summed E-state index contributed by atoms with van der Waals surface area (Å²) in [4.78, 5) is 0. The Morgan fingerprint density at radius 2 is 1.95 bits per heavy atom. The fraction of sp³-hybridized carbons (Fsp3) is 0.375. The maximum Gasteiger partial charge on any atom is 0.106 e. The van der Waals surface area contributed by atoms with Gasteiger partial charge in [0.2, 0.25) is 0 Å². The van der Waals surface area contributed by atoms with Crippen LogP contribution in [0.25, 0.3) is 0 Å². The van der Waals surface area contributed by atoms with Crippen molar-refractivity contribution in [1.29, 1.82) is 0 Å². The van der Waals surface area contributed by atoms with Crippen LogP contribution in [-0.2, 0) is 0 Å². The molecule has 0 bridgehead atoms. The van der Waals surface area contributed by atoms with Gasteiger partial charge in [-0.05, 0) is 50.6 Å². The standard InChI is InChI=1S/C16H20BrNO/c1-5-18-16(14-9-11(3)19-12(14)4)13-6-7-15(17)10(2)8-13/h6-9,16,18H,5H2,1-4H3. The normalized spacial score (nSPS) is 12.7. The van der Waals surface area contributed by atoms with Gasteiger partial charge in [-0.2, -0.15) is 0 Å². The highest BCUT2D eigenvalue weighted by Gasteiger charge is 2.18. The van der Waals surface area contributed by atoms with Crippen LogP contribution in [-0.4, -0.2) is 6.54 Å². The highest BCUT2D eigenvalue weighted by molar-refractivity contribution is 9.10. The van der Waals surface area contributed by atoms with E-state index in [0.717, 1.165) is 22.5 Å². The topological polar surface area (TPSA) is 25.2 Å². The van der Waals surface area contributed by atoms with E-state index in [2.05, 4.69) is 59.4 Å². The summed E-state index contributed by atoms with van der Waals surface area (Å²) < 4.78 is 6.81. The highest BCUT2D eigenvalue weighted by Crippen LogP contribution is 2.29. The van der Waals surface area contributed by atoms with E-state index in [-0.39, 0.29) is 6.04 Å². The molecule has 2 aromatic rings. The zero-order valence-electron chi connectivity index (χ0n) is 11.9. The molecule has 1 N–H and O–H groups in total. The zero-order valence-corrected chi connectivity index (χ0v) is 13.5. The molecule has 102 valence electrons. The zero-order chi connectivity index (χ0) is 14.0. The monoisotopic (exact) mass is 321 g/mol. The highest BCUT2D eigenvalue weighted by atomic mass is 79.9. The van der Waals surface area contributed by atoms with Gasteiger partial charge in [-0.15, -0.1) is 0 Å². The van der Waals surface area contributed by atoms with Gasteiger partial charge in [0.25, 0.3) is 0 Å². The van der Waals surface area contributed by atoms with Crippen LogP contribution in [0.4, 0.5) is 0 Å². The van der Waals surface area contributed by atoms with E-state index >= 15 is 0 Å². The molecule has 1 aromatic carbocycles. The van der Waals surface area contributed by atoms with Crippen LogP contribution in [0.5, 0.6) is 0 Å². The number of hydrogen-bond donors (Lipinski definition) is 1. The van der Waals surface area contributed by atoms with Crippen LogP contribution < -0.4 is 5.32 Å². The molecule has 0 saturated carbocycles. The van der Waals surface area contributed by atoms with Gasteiger partial charge >= 0.3 is 0 Å². The smallest absolute Gasteiger partial charge is 0.106 e. The Bertz CT molecular complexity index is 574. The molecule has 3 heteroatoms. The Morgan fingerprint density at radius 1 is 1.21 bits per heavy atom. The van der Waals surface area contributed by atoms with E-state index in [1.165, 1.54) is 16.7 Å². The van der Waals surface area contributed by atoms with Gasteiger partial charge in [0.1, 0.15) is 11.5 Å². The first kappa shape index (κ1) is 14.4. The third-order valence-electron chi connectivity index (χ3n) is 3.31. The Labute approximate surface area is 123 Å². The molecule has 19 heavy (non-hydrogen) atoms. The number of nitrogens with one attached hydrogen (secondary N) is 1. The summed E-state index contributed by atoms with van der Waals surface area (Å²) >= 11 is 3.55. The summed E-state index contributed by atoms with van der Waals surface area (Å²) in [5.74, 6) is 1.95. The van der Waals surface area contributed by atoms with Gasteiger partial charge in [-0.3, -0.25) is 0 Å². The predicted molar refractivity (Wildman–Crippen MR) is 82.6 cm³/mol. The Hall–Kier alpha value is -1.06. The first-order valence-corrected chi connectivity index (χ1v) is 7.38. The summed E-state index contributed by atoms with van der Waals surface area (Å²) in [7, 11) is 0. The molecule has 0 spiro atoms. The summed E-state index contributed by atoms with van der Waals surface area (Å²) in [5.41, 5.74) is 3.74. The largest absolute Gasteiger partial charge is 0.466 e. The van der Waals surface area contributed by atoms with Crippen LogP contribution in [0.15, 0.2) is 33.2 Å². The molecule has 0 amide bonds. The minimum Gasteiger partial charge on any atom is -0.466 e. The van der Waals surface area contributed by atoms with Crippen LogP contribution in [0, 0.1) is 20.8 Å². The minimum absolute atomic E-state index is 0.189. The molecule has 2 nitrogen and oxygen atoms in total. The first-order chi connectivity index (χ1) is 9.02. The van der Waals surface area contributed by atoms with Crippen LogP contribution in [0.1, 0.15) is 41.2 Å². The van der Waals surface area contributed by atoms with Crippen molar-refractivity contribution in [1.82, 2.24) is 5.32 Å². The van der Waals surface area contributed by atoms with Gasteiger partial charge in [0.15, 0.2) is 0 Å². The molecule has 0 saturated heterocycles. The van der Waals surface area contributed by atoms with Gasteiger partial charge < -0.3 is 9.73 Å². The summed E-state index contributed by atoms with van der Waals surface area (Å²) in [6.07, 6.45) is 0. The maximum atomic E-state index is 5.67. The number of aryl methyl sites for hydroxylation is 3. The van der Waals surface area contributed by atoms with Crippen LogP contribution >= 0.6 is 15.9 Å². The number of hydrogen-bond acceptors (Lipinski definition) is 2. The van der Waals surface area contributed by atoms with Crippen molar-refractivity contribution >= 4 is 15.9 Å².